The van der Waals surface area contributed by atoms with Crippen LogP contribution in [-0.2, 0) is 6.54 Å². The van der Waals surface area contributed by atoms with E-state index in [0.29, 0.717) is 0 Å². The average molecular weight is 172 g/mol. The highest BCUT2D eigenvalue weighted by atomic mass is 15.0. The van der Waals surface area contributed by atoms with E-state index < -0.39 is 0 Å². The van der Waals surface area contributed by atoms with Crippen LogP contribution in [-0.4, -0.2) is 0 Å². The molecule has 1 aliphatic heterocycles. The molecule has 2 heterocycles. The van der Waals surface area contributed by atoms with E-state index in [9.17, 15) is 0 Å². The van der Waals surface area contributed by atoms with Crippen molar-refractivity contribution < 1.29 is 4.57 Å². The summed E-state index contributed by atoms with van der Waals surface area (Å²) >= 11 is 0. The number of allylic oxidation sites excluding steroid dienone is 4. The first-order valence-electron chi connectivity index (χ1n) is 4.64. The minimum atomic E-state index is 1.02. The molecule has 0 aliphatic carbocycles. The van der Waals surface area contributed by atoms with Gasteiger partial charge in [0.15, 0.2) is 12.7 Å². The Morgan fingerprint density at radius 1 is 1.38 bits per heavy atom. The molecule has 0 saturated carbocycles. The van der Waals surface area contributed by atoms with Crippen molar-refractivity contribution in [1.82, 2.24) is 0 Å². The molecular formula is C12H14N+. The lowest BCUT2D eigenvalue weighted by Gasteiger charge is -1.90. The summed E-state index contributed by atoms with van der Waals surface area (Å²) in [4.78, 5) is 0. The Morgan fingerprint density at radius 3 is 2.92 bits per heavy atom. The van der Waals surface area contributed by atoms with Crippen LogP contribution in [0.1, 0.15) is 19.5 Å². The van der Waals surface area contributed by atoms with Gasteiger partial charge in [0.1, 0.15) is 0 Å². The van der Waals surface area contributed by atoms with Gasteiger partial charge in [-0.1, -0.05) is 12.2 Å². The molecule has 0 spiro atoms. The zero-order valence-corrected chi connectivity index (χ0v) is 8.12. The SMILES string of the molecule is C/C=C\C1=C(C)c2cccc[n+]2C1. The minimum absolute atomic E-state index is 1.02. The summed E-state index contributed by atoms with van der Waals surface area (Å²) in [6, 6.07) is 6.34. The van der Waals surface area contributed by atoms with Gasteiger partial charge in [0, 0.05) is 23.3 Å². The molecule has 1 aromatic rings. The van der Waals surface area contributed by atoms with E-state index in [1.54, 1.807) is 0 Å². The van der Waals surface area contributed by atoms with Gasteiger partial charge in [-0.05, 0) is 19.9 Å². The van der Waals surface area contributed by atoms with Crippen LogP contribution < -0.4 is 4.57 Å². The standard InChI is InChI=1S/C12H14N/c1-3-6-11-9-13-8-5-4-7-12(13)10(11)2/h3-8H,9H2,1-2H3/q+1/b6-3-. The molecular weight excluding hydrogens is 158 g/mol. The molecule has 66 valence electrons. The van der Waals surface area contributed by atoms with E-state index in [0.717, 1.165) is 6.54 Å². The second-order valence-corrected chi connectivity index (χ2v) is 3.36. The highest BCUT2D eigenvalue weighted by molar-refractivity contribution is 5.66. The predicted molar refractivity (Wildman–Crippen MR) is 54.0 cm³/mol. The summed E-state index contributed by atoms with van der Waals surface area (Å²) in [6.07, 6.45) is 6.43. The highest BCUT2D eigenvalue weighted by Crippen LogP contribution is 2.21. The van der Waals surface area contributed by atoms with Crippen molar-refractivity contribution in [3.05, 3.63) is 47.8 Å². The third-order valence-electron chi connectivity index (χ3n) is 2.52. The van der Waals surface area contributed by atoms with Gasteiger partial charge in [-0.25, -0.2) is 0 Å². The number of aromatic nitrogens is 1. The van der Waals surface area contributed by atoms with Gasteiger partial charge >= 0.3 is 0 Å². The third-order valence-corrected chi connectivity index (χ3v) is 2.52. The van der Waals surface area contributed by atoms with Gasteiger partial charge in [0.2, 0.25) is 5.69 Å². The predicted octanol–water partition coefficient (Wildman–Crippen LogP) is 2.34. The maximum absolute atomic E-state index is 2.28. The van der Waals surface area contributed by atoms with E-state index in [1.165, 1.54) is 16.8 Å². The van der Waals surface area contributed by atoms with Gasteiger partial charge in [-0.15, -0.1) is 0 Å². The third kappa shape index (κ3) is 1.31. The average Bonchev–Trinajstić information content (AvgIpc) is 2.46. The number of fused-ring (bicyclic) bond motifs is 1. The number of nitrogens with zero attached hydrogens (tertiary/aromatic N) is 1. The summed E-state index contributed by atoms with van der Waals surface area (Å²) < 4.78 is 2.28. The van der Waals surface area contributed by atoms with Crippen molar-refractivity contribution in [2.24, 2.45) is 0 Å². The van der Waals surface area contributed by atoms with Crippen LogP contribution in [0.3, 0.4) is 0 Å². The van der Waals surface area contributed by atoms with Crippen LogP contribution in [0.25, 0.3) is 5.57 Å². The molecule has 0 saturated heterocycles. The first-order chi connectivity index (χ1) is 6.33. The van der Waals surface area contributed by atoms with Crippen LogP contribution >= 0.6 is 0 Å². The van der Waals surface area contributed by atoms with E-state index in [-0.39, 0.29) is 0 Å². The first kappa shape index (κ1) is 8.24. The minimum Gasteiger partial charge on any atom is -0.194 e. The molecule has 0 N–H and O–H groups in total. The van der Waals surface area contributed by atoms with Gasteiger partial charge in [0.05, 0.1) is 0 Å². The van der Waals surface area contributed by atoms with Gasteiger partial charge < -0.3 is 0 Å². The lowest BCUT2D eigenvalue weighted by Crippen LogP contribution is -2.33. The van der Waals surface area contributed by atoms with Crippen LogP contribution in [0.5, 0.6) is 0 Å². The van der Waals surface area contributed by atoms with E-state index in [4.69, 9.17) is 0 Å². The maximum Gasteiger partial charge on any atom is 0.208 e. The topological polar surface area (TPSA) is 3.88 Å². The van der Waals surface area contributed by atoms with Crippen molar-refractivity contribution in [2.45, 2.75) is 20.4 Å². The summed E-state index contributed by atoms with van der Waals surface area (Å²) in [5, 5.41) is 0. The van der Waals surface area contributed by atoms with Crippen molar-refractivity contribution in [3.63, 3.8) is 0 Å². The van der Waals surface area contributed by atoms with Gasteiger partial charge in [-0.2, -0.15) is 4.57 Å². The Bertz CT molecular complexity index is 386. The smallest absolute Gasteiger partial charge is 0.194 e. The Kier molecular flexibility index (Phi) is 2.01. The quantitative estimate of drug-likeness (QED) is 0.572. The van der Waals surface area contributed by atoms with Gasteiger partial charge in [-0.3, -0.25) is 0 Å². The second-order valence-electron chi connectivity index (χ2n) is 3.36. The van der Waals surface area contributed by atoms with E-state index in [2.05, 4.69) is 55.0 Å². The Hall–Kier alpha value is -1.37. The molecule has 1 heteroatoms. The van der Waals surface area contributed by atoms with Crippen molar-refractivity contribution >= 4 is 5.57 Å². The summed E-state index contributed by atoms with van der Waals surface area (Å²) in [7, 11) is 0. The first-order valence-corrected chi connectivity index (χ1v) is 4.64. The summed E-state index contributed by atoms with van der Waals surface area (Å²) in [5.74, 6) is 0. The van der Waals surface area contributed by atoms with E-state index >= 15 is 0 Å². The molecule has 13 heavy (non-hydrogen) atoms. The summed E-state index contributed by atoms with van der Waals surface area (Å²) in [6.45, 7) is 5.27. The molecule has 1 nitrogen and oxygen atoms in total. The molecule has 0 amide bonds. The fraction of sp³-hybridized carbons (Fsp3) is 0.250. The zero-order valence-electron chi connectivity index (χ0n) is 8.12. The lowest BCUT2D eigenvalue weighted by molar-refractivity contribution is -0.686. The lowest BCUT2D eigenvalue weighted by atomic mass is 10.1. The Balaban J connectivity index is 2.47. The number of hydrogen-bond acceptors (Lipinski definition) is 0. The highest BCUT2D eigenvalue weighted by Gasteiger charge is 2.22. The van der Waals surface area contributed by atoms with Crippen molar-refractivity contribution in [3.8, 4) is 0 Å². The van der Waals surface area contributed by atoms with Crippen LogP contribution in [0.2, 0.25) is 0 Å². The number of rotatable bonds is 1. The number of pyridine rings is 1. The Morgan fingerprint density at radius 2 is 2.23 bits per heavy atom. The molecule has 0 fully saturated rings. The van der Waals surface area contributed by atoms with Crippen molar-refractivity contribution in [2.75, 3.05) is 0 Å². The molecule has 1 aliphatic rings. The molecule has 1 aromatic heterocycles. The molecule has 0 unspecified atom stereocenters. The molecule has 0 aromatic carbocycles. The summed E-state index contributed by atoms with van der Waals surface area (Å²) in [5.41, 5.74) is 4.17. The largest absolute Gasteiger partial charge is 0.208 e. The van der Waals surface area contributed by atoms with Crippen molar-refractivity contribution in [1.29, 1.82) is 0 Å². The fourth-order valence-corrected chi connectivity index (χ4v) is 1.80. The van der Waals surface area contributed by atoms with E-state index in [1.807, 2.05) is 0 Å². The van der Waals surface area contributed by atoms with Crippen LogP contribution in [0.4, 0.5) is 0 Å². The fourth-order valence-electron chi connectivity index (χ4n) is 1.80. The maximum atomic E-state index is 2.28. The van der Waals surface area contributed by atoms with Gasteiger partial charge in [0.25, 0.3) is 0 Å². The molecule has 0 atom stereocenters. The normalized spacial score (nSPS) is 15.5. The molecule has 0 bridgehead atoms. The zero-order chi connectivity index (χ0) is 9.26. The van der Waals surface area contributed by atoms with Crippen LogP contribution in [0.15, 0.2) is 42.1 Å². The monoisotopic (exact) mass is 172 g/mol. The number of hydrogen-bond donors (Lipinski definition) is 0. The Labute approximate surface area is 79.0 Å². The molecule has 2 rings (SSSR count). The molecule has 0 radical (unpaired) electrons. The second kappa shape index (κ2) is 3.17. The van der Waals surface area contributed by atoms with Crippen LogP contribution in [0, 0.1) is 0 Å².